The van der Waals surface area contributed by atoms with E-state index in [0.717, 1.165) is 109 Å². The second kappa shape index (κ2) is 55.0. The fourth-order valence-electron chi connectivity index (χ4n) is 9.05. The number of unbranched alkanes of at least 4 members (excludes halogenated alkanes) is 33. The Morgan fingerprint density at radius 1 is 0.338 bits per heavy atom. The highest BCUT2D eigenvalue weighted by Crippen LogP contribution is 2.45. The Balaban J connectivity index is 5.21. The van der Waals surface area contributed by atoms with Gasteiger partial charge in [-0.25, -0.2) is 9.13 Å². The van der Waals surface area contributed by atoms with Gasteiger partial charge in [0.1, 0.15) is 19.3 Å². The van der Waals surface area contributed by atoms with Gasteiger partial charge in [0.25, 0.3) is 0 Å². The van der Waals surface area contributed by atoms with Crippen LogP contribution in [0.4, 0.5) is 0 Å². The Morgan fingerprint density at radius 3 is 0.850 bits per heavy atom. The number of hydrogen-bond acceptors (Lipinski definition) is 15. The van der Waals surface area contributed by atoms with E-state index in [1.54, 1.807) is 0 Å². The van der Waals surface area contributed by atoms with Crippen molar-refractivity contribution in [2.45, 2.75) is 323 Å². The largest absolute Gasteiger partial charge is 0.472 e. The topological polar surface area (TPSA) is 237 Å². The first-order chi connectivity index (χ1) is 38.5. The van der Waals surface area contributed by atoms with Gasteiger partial charge >= 0.3 is 39.5 Å². The number of esters is 4. The molecule has 0 aromatic heterocycles. The molecule has 3 N–H and O–H groups in total. The van der Waals surface area contributed by atoms with Crippen LogP contribution in [0.1, 0.15) is 304 Å². The zero-order valence-electron chi connectivity index (χ0n) is 51.2. The first-order valence-electron chi connectivity index (χ1n) is 32.1. The molecule has 474 valence electrons. The molecule has 5 atom stereocenters. The number of aliphatic hydroxyl groups excluding tert-OH is 1. The maximum atomic E-state index is 12.9. The first-order valence-corrected chi connectivity index (χ1v) is 35.1. The number of ether oxygens (including phenoxy) is 4. The lowest BCUT2D eigenvalue weighted by atomic mass is 10.0. The Labute approximate surface area is 486 Å². The summed E-state index contributed by atoms with van der Waals surface area (Å²) in [6.07, 6.45) is 37.6. The van der Waals surface area contributed by atoms with Gasteiger partial charge in [0, 0.05) is 25.7 Å². The van der Waals surface area contributed by atoms with Crippen LogP contribution in [-0.4, -0.2) is 96.7 Å². The Morgan fingerprint density at radius 2 is 0.575 bits per heavy atom. The van der Waals surface area contributed by atoms with Gasteiger partial charge in [-0.15, -0.1) is 0 Å². The average molecular weight is 1190 g/mol. The van der Waals surface area contributed by atoms with E-state index < -0.39 is 97.5 Å². The van der Waals surface area contributed by atoms with E-state index >= 15 is 0 Å². The van der Waals surface area contributed by atoms with Crippen molar-refractivity contribution in [1.82, 2.24) is 0 Å². The van der Waals surface area contributed by atoms with Crippen LogP contribution < -0.4 is 0 Å². The Bertz CT molecular complexity index is 1570. The fraction of sp³-hybridized carbons (Fsp3) is 0.934. The van der Waals surface area contributed by atoms with E-state index in [-0.39, 0.29) is 25.7 Å². The molecular formula is C61H118O17P2. The lowest BCUT2D eigenvalue weighted by Gasteiger charge is -2.21. The highest BCUT2D eigenvalue weighted by molar-refractivity contribution is 7.47. The molecule has 0 spiro atoms. The van der Waals surface area contributed by atoms with Gasteiger partial charge in [0.2, 0.25) is 0 Å². The second-order valence-electron chi connectivity index (χ2n) is 22.6. The molecule has 0 rings (SSSR count). The Kier molecular flexibility index (Phi) is 53.6. The van der Waals surface area contributed by atoms with Crippen LogP contribution in [0.3, 0.4) is 0 Å². The minimum Gasteiger partial charge on any atom is -0.462 e. The van der Waals surface area contributed by atoms with E-state index in [1.165, 1.54) is 116 Å². The van der Waals surface area contributed by atoms with Gasteiger partial charge < -0.3 is 33.8 Å². The second-order valence-corrected chi connectivity index (χ2v) is 25.5. The molecule has 0 amide bonds. The van der Waals surface area contributed by atoms with Crippen LogP contribution in [0.25, 0.3) is 0 Å². The predicted molar refractivity (Wildman–Crippen MR) is 317 cm³/mol. The van der Waals surface area contributed by atoms with Gasteiger partial charge in [-0.05, 0) is 31.6 Å². The van der Waals surface area contributed by atoms with E-state index in [2.05, 4.69) is 34.6 Å². The molecule has 0 aromatic rings. The van der Waals surface area contributed by atoms with Crippen molar-refractivity contribution in [2.75, 3.05) is 39.6 Å². The van der Waals surface area contributed by atoms with E-state index in [1.807, 2.05) is 0 Å². The monoisotopic (exact) mass is 1180 g/mol. The van der Waals surface area contributed by atoms with Crippen molar-refractivity contribution in [3.63, 3.8) is 0 Å². The van der Waals surface area contributed by atoms with Gasteiger partial charge in [-0.1, -0.05) is 253 Å². The van der Waals surface area contributed by atoms with Crippen molar-refractivity contribution in [1.29, 1.82) is 0 Å². The molecule has 0 aromatic carbocycles. The minimum atomic E-state index is -4.94. The molecule has 2 unspecified atom stereocenters. The van der Waals surface area contributed by atoms with Crippen molar-refractivity contribution in [3.05, 3.63) is 0 Å². The predicted octanol–water partition coefficient (Wildman–Crippen LogP) is 16.6. The molecular weight excluding hydrogens is 1070 g/mol. The van der Waals surface area contributed by atoms with Gasteiger partial charge in [-0.3, -0.25) is 37.3 Å². The molecule has 0 aliphatic rings. The van der Waals surface area contributed by atoms with Crippen molar-refractivity contribution in [3.8, 4) is 0 Å². The summed E-state index contributed by atoms with van der Waals surface area (Å²) in [6.45, 7) is 7.09. The van der Waals surface area contributed by atoms with Gasteiger partial charge in [0.05, 0.1) is 26.4 Å². The summed E-state index contributed by atoms with van der Waals surface area (Å²) in [5.74, 6) is -1.42. The number of phosphoric ester groups is 2. The van der Waals surface area contributed by atoms with Crippen LogP contribution in [0.2, 0.25) is 0 Å². The van der Waals surface area contributed by atoms with Crippen LogP contribution >= 0.6 is 15.6 Å². The molecule has 0 bridgehead atoms. The standard InChI is InChI=1S/C61H118O17P2/c1-6-9-12-15-18-20-22-24-30-35-40-45-59(64)72-51-57(78-61(66)47-42-37-32-27-26-29-33-38-43-54(4)5)53-76-80(69,70)74-49-55(62)48-73-79(67,68)75-52-56(50-71-58(63)44-39-34-28-17-14-11-8-3)77-60(65)46-41-36-31-25-23-21-19-16-13-10-7-2/h54-57,62H,6-53H2,1-5H3,(H,67,68)(H,69,70)/t55-,56+,57+/m0/s1. The number of phosphoric acid groups is 2. The summed E-state index contributed by atoms with van der Waals surface area (Å²) < 4.78 is 67.8. The molecule has 0 fully saturated rings. The number of carbonyl (C=O) groups is 4. The summed E-state index contributed by atoms with van der Waals surface area (Å²) in [7, 11) is -9.87. The van der Waals surface area contributed by atoms with Crippen LogP contribution in [-0.2, 0) is 65.4 Å². The number of carbonyl (C=O) groups excluding carboxylic acids is 4. The zero-order chi connectivity index (χ0) is 59.2. The molecule has 80 heavy (non-hydrogen) atoms. The third-order valence-corrected chi connectivity index (χ3v) is 15.9. The minimum absolute atomic E-state index is 0.105. The molecule has 0 saturated carbocycles. The SMILES string of the molecule is CCCCCCCCCCCCCC(=O)OC[C@H](COP(=O)(O)OC[C@@H](O)COP(=O)(O)OC[C@@H](COC(=O)CCCCCCCCC)OC(=O)CCCCCCCCCCCCC)OC(=O)CCCCCCCCCCC(C)C. The van der Waals surface area contributed by atoms with E-state index in [4.69, 9.17) is 37.0 Å². The fourth-order valence-corrected chi connectivity index (χ4v) is 10.6. The van der Waals surface area contributed by atoms with Crippen molar-refractivity contribution >= 4 is 39.5 Å². The molecule has 19 heteroatoms. The highest BCUT2D eigenvalue weighted by Gasteiger charge is 2.30. The molecule has 0 heterocycles. The summed E-state index contributed by atoms with van der Waals surface area (Å²) >= 11 is 0. The van der Waals surface area contributed by atoms with E-state index in [9.17, 15) is 43.2 Å². The highest BCUT2D eigenvalue weighted by atomic mass is 31.2. The summed E-state index contributed by atoms with van der Waals surface area (Å²) in [6, 6.07) is 0. The summed E-state index contributed by atoms with van der Waals surface area (Å²) in [5.41, 5.74) is 0. The molecule has 0 aliphatic carbocycles. The van der Waals surface area contributed by atoms with E-state index in [0.29, 0.717) is 25.7 Å². The number of hydrogen-bond donors (Lipinski definition) is 3. The molecule has 17 nitrogen and oxygen atoms in total. The van der Waals surface area contributed by atoms with Gasteiger partial charge in [-0.2, -0.15) is 0 Å². The first kappa shape index (κ1) is 78.1. The van der Waals surface area contributed by atoms with Gasteiger partial charge in [0.15, 0.2) is 12.2 Å². The van der Waals surface area contributed by atoms with Crippen LogP contribution in [0.15, 0.2) is 0 Å². The smallest absolute Gasteiger partial charge is 0.462 e. The molecule has 0 saturated heterocycles. The lowest BCUT2D eigenvalue weighted by Crippen LogP contribution is -2.30. The van der Waals surface area contributed by atoms with Crippen molar-refractivity contribution in [2.24, 2.45) is 5.92 Å². The zero-order valence-corrected chi connectivity index (χ0v) is 53.0. The maximum absolute atomic E-state index is 12.9. The normalized spacial score (nSPS) is 14.3. The third kappa shape index (κ3) is 55.3. The lowest BCUT2D eigenvalue weighted by molar-refractivity contribution is -0.161. The summed E-state index contributed by atoms with van der Waals surface area (Å²) in [4.78, 5) is 71.9. The van der Waals surface area contributed by atoms with Crippen molar-refractivity contribution < 1.29 is 80.2 Å². The molecule has 0 radical (unpaired) electrons. The average Bonchev–Trinajstić information content (AvgIpc) is 3.42. The summed E-state index contributed by atoms with van der Waals surface area (Å²) in [5, 5.41) is 10.5. The third-order valence-electron chi connectivity index (χ3n) is 14.0. The van der Waals surface area contributed by atoms with Crippen LogP contribution in [0.5, 0.6) is 0 Å². The Hall–Kier alpha value is -1.94. The van der Waals surface area contributed by atoms with Crippen LogP contribution in [0, 0.1) is 5.92 Å². The number of aliphatic hydroxyl groups is 1. The maximum Gasteiger partial charge on any atom is 0.472 e. The molecule has 0 aliphatic heterocycles. The quantitative estimate of drug-likeness (QED) is 0.0222. The number of rotatable bonds is 61.